The number of halogens is 1. The second-order valence-corrected chi connectivity index (χ2v) is 5.23. The van der Waals surface area contributed by atoms with Gasteiger partial charge in [-0.3, -0.25) is 9.59 Å². The minimum Gasteiger partial charge on any atom is -0.469 e. The van der Waals surface area contributed by atoms with Gasteiger partial charge in [0.25, 0.3) is 5.56 Å². The summed E-state index contributed by atoms with van der Waals surface area (Å²) in [4.78, 5) is 31.7. The second kappa shape index (κ2) is 5.68. The van der Waals surface area contributed by atoms with Gasteiger partial charge in [0.15, 0.2) is 0 Å². The fourth-order valence-electron chi connectivity index (χ4n) is 2.09. The van der Waals surface area contributed by atoms with Gasteiger partial charge in [-0.25, -0.2) is 4.98 Å². The zero-order valence-electron chi connectivity index (χ0n) is 9.98. The smallest absolute Gasteiger partial charge is 0.308 e. The lowest BCUT2D eigenvalue weighted by atomic mass is 9.97. The number of aromatic amines is 1. The second-order valence-electron chi connectivity index (χ2n) is 4.15. The molecule has 18 heavy (non-hydrogen) atoms. The highest BCUT2D eigenvalue weighted by Gasteiger charge is 2.27. The lowest BCUT2D eigenvalue weighted by Crippen LogP contribution is -2.38. The van der Waals surface area contributed by atoms with Gasteiger partial charge in [0.05, 0.1) is 19.4 Å². The summed E-state index contributed by atoms with van der Waals surface area (Å²) in [6, 6.07) is 0. The van der Waals surface area contributed by atoms with Crippen molar-refractivity contribution in [1.82, 2.24) is 9.97 Å². The molecule has 1 fully saturated rings. The van der Waals surface area contributed by atoms with E-state index in [0.29, 0.717) is 22.5 Å². The monoisotopic (exact) mass is 363 g/mol. The van der Waals surface area contributed by atoms with Crippen LogP contribution in [0.3, 0.4) is 0 Å². The van der Waals surface area contributed by atoms with E-state index in [0.717, 1.165) is 12.8 Å². The van der Waals surface area contributed by atoms with Crippen molar-refractivity contribution in [3.63, 3.8) is 0 Å². The van der Waals surface area contributed by atoms with Crippen LogP contribution in [0.2, 0.25) is 0 Å². The van der Waals surface area contributed by atoms with E-state index in [1.165, 1.54) is 13.4 Å². The number of aromatic nitrogens is 2. The third-order valence-electron chi connectivity index (χ3n) is 3.11. The van der Waals surface area contributed by atoms with Gasteiger partial charge in [-0.2, -0.15) is 0 Å². The van der Waals surface area contributed by atoms with Gasteiger partial charge in [-0.15, -0.1) is 0 Å². The summed E-state index contributed by atoms with van der Waals surface area (Å²) in [5, 5.41) is 0. The molecule has 1 aromatic rings. The first kappa shape index (κ1) is 13.3. The number of anilines is 1. The van der Waals surface area contributed by atoms with Crippen molar-refractivity contribution >= 4 is 34.4 Å². The topological polar surface area (TPSA) is 75.3 Å². The number of carbonyl (C=O) groups is 1. The van der Waals surface area contributed by atoms with Gasteiger partial charge >= 0.3 is 5.97 Å². The number of rotatable bonds is 2. The molecule has 0 amide bonds. The summed E-state index contributed by atoms with van der Waals surface area (Å²) in [6.07, 6.45) is 2.88. The first-order chi connectivity index (χ1) is 8.63. The van der Waals surface area contributed by atoms with Crippen molar-refractivity contribution in [1.29, 1.82) is 0 Å². The van der Waals surface area contributed by atoms with E-state index in [9.17, 15) is 9.59 Å². The number of esters is 1. The number of nitrogens with one attached hydrogen (secondary N) is 1. The first-order valence-corrected chi connectivity index (χ1v) is 6.77. The highest BCUT2D eigenvalue weighted by molar-refractivity contribution is 14.1. The fourth-order valence-corrected chi connectivity index (χ4v) is 2.72. The molecule has 0 saturated carbocycles. The maximum atomic E-state index is 11.5. The van der Waals surface area contributed by atoms with Crippen LogP contribution in [0.15, 0.2) is 11.1 Å². The SMILES string of the molecule is COC(=O)C1CCN(c2nc[nH]c(=O)c2I)CC1. The van der Waals surface area contributed by atoms with Crippen molar-refractivity contribution in [2.45, 2.75) is 12.8 Å². The van der Waals surface area contributed by atoms with Crippen molar-refractivity contribution in [2.75, 3.05) is 25.1 Å². The van der Waals surface area contributed by atoms with E-state index in [1.54, 1.807) is 0 Å². The van der Waals surface area contributed by atoms with Crippen LogP contribution in [-0.2, 0) is 9.53 Å². The zero-order chi connectivity index (χ0) is 13.1. The molecule has 0 radical (unpaired) electrons. The first-order valence-electron chi connectivity index (χ1n) is 5.69. The molecule has 0 spiro atoms. The molecule has 0 aromatic carbocycles. The molecule has 0 bridgehead atoms. The average molecular weight is 363 g/mol. The van der Waals surface area contributed by atoms with Gasteiger partial charge in [0.2, 0.25) is 0 Å². The van der Waals surface area contributed by atoms with Crippen LogP contribution in [0.1, 0.15) is 12.8 Å². The number of methoxy groups -OCH3 is 1. The van der Waals surface area contributed by atoms with Crippen LogP contribution in [0, 0.1) is 9.49 Å². The Bertz CT molecular complexity index is 495. The maximum Gasteiger partial charge on any atom is 0.308 e. The largest absolute Gasteiger partial charge is 0.469 e. The number of carbonyl (C=O) groups excluding carboxylic acids is 1. The van der Waals surface area contributed by atoms with E-state index in [1.807, 2.05) is 27.5 Å². The van der Waals surface area contributed by atoms with Crippen LogP contribution >= 0.6 is 22.6 Å². The average Bonchev–Trinajstić information content (AvgIpc) is 2.41. The van der Waals surface area contributed by atoms with Crippen LogP contribution < -0.4 is 10.5 Å². The van der Waals surface area contributed by atoms with Crippen molar-refractivity contribution in [2.24, 2.45) is 5.92 Å². The Morgan fingerprint density at radius 2 is 2.22 bits per heavy atom. The van der Waals surface area contributed by atoms with Crippen LogP contribution in [-0.4, -0.2) is 36.1 Å². The summed E-state index contributed by atoms with van der Waals surface area (Å²) in [5.41, 5.74) is -0.129. The Kier molecular flexibility index (Phi) is 4.20. The predicted molar refractivity (Wildman–Crippen MR) is 74.5 cm³/mol. The summed E-state index contributed by atoms with van der Waals surface area (Å²) in [6.45, 7) is 1.43. The Balaban J connectivity index is 2.08. The van der Waals surface area contributed by atoms with Crippen molar-refractivity contribution in [3.8, 4) is 0 Å². The number of hydrogen-bond donors (Lipinski definition) is 1. The number of nitrogens with zero attached hydrogens (tertiary/aromatic N) is 2. The van der Waals surface area contributed by atoms with Crippen LogP contribution in [0.25, 0.3) is 0 Å². The lowest BCUT2D eigenvalue weighted by Gasteiger charge is -2.31. The molecule has 1 saturated heterocycles. The number of piperidine rings is 1. The summed E-state index contributed by atoms with van der Waals surface area (Å²) >= 11 is 1.99. The summed E-state index contributed by atoms with van der Waals surface area (Å²) < 4.78 is 5.33. The van der Waals surface area contributed by atoms with Gasteiger partial charge in [-0.05, 0) is 35.4 Å². The van der Waals surface area contributed by atoms with E-state index < -0.39 is 0 Å². The van der Waals surface area contributed by atoms with E-state index >= 15 is 0 Å². The van der Waals surface area contributed by atoms with Crippen molar-refractivity contribution < 1.29 is 9.53 Å². The van der Waals surface area contributed by atoms with Gasteiger partial charge in [-0.1, -0.05) is 0 Å². The Morgan fingerprint density at radius 3 is 2.83 bits per heavy atom. The molecule has 0 atom stereocenters. The third kappa shape index (κ3) is 2.65. The molecule has 7 heteroatoms. The molecule has 1 aromatic heterocycles. The molecule has 1 N–H and O–H groups in total. The Morgan fingerprint density at radius 1 is 1.56 bits per heavy atom. The van der Waals surface area contributed by atoms with E-state index in [4.69, 9.17) is 4.74 Å². The minimum atomic E-state index is -0.150. The number of H-pyrrole nitrogens is 1. The maximum absolute atomic E-state index is 11.5. The zero-order valence-corrected chi connectivity index (χ0v) is 12.1. The van der Waals surface area contributed by atoms with Crippen LogP contribution in [0.4, 0.5) is 5.82 Å². The highest BCUT2D eigenvalue weighted by atomic mass is 127. The predicted octanol–water partition coefficient (Wildman–Crippen LogP) is 0.764. The molecule has 6 nitrogen and oxygen atoms in total. The molecular formula is C11H14IN3O3. The molecule has 1 aliphatic rings. The van der Waals surface area contributed by atoms with Gasteiger partial charge in [0.1, 0.15) is 9.39 Å². The molecule has 98 valence electrons. The van der Waals surface area contributed by atoms with Crippen LogP contribution in [0.5, 0.6) is 0 Å². The van der Waals surface area contributed by atoms with E-state index in [2.05, 4.69) is 9.97 Å². The summed E-state index contributed by atoms with van der Waals surface area (Å²) in [7, 11) is 1.41. The molecule has 0 aliphatic carbocycles. The standard InChI is InChI=1S/C11H14IN3O3/c1-18-11(17)7-2-4-15(5-3-7)9-8(12)10(16)14-6-13-9/h6-7H,2-5H2,1H3,(H,13,14,16). The Labute approximate surface area is 118 Å². The molecule has 0 unspecified atom stereocenters. The lowest BCUT2D eigenvalue weighted by molar-refractivity contribution is -0.146. The Hall–Kier alpha value is -1.12. The molecule has 2 rings (SSSR count). The quantitative estimate of drug-likeness (QED) is 0.621. The highest BCUT2D eigenvalue weighted by Crippen LogP contribution is 2.24. The minimum absolute atomic E-state index is 0.0362. The fraction of sp³-hybridized carbons (Fsp3) is 0.545. The summed E-state index contributed by atoms with van der Waals surface area (Å²) in [5.74, 6) is 0.511. The van der Waals surface area contributed by atoms with Gasteiger partial charge < -0.3 is 14.6 Å². The van der Waals surface area contributed by atoms with Crippen molar-refractivity contribution in [3.05, 3.63) is 20.3 Å². The molecule has 2 heterocycles. The normalized spacial score (nSPS) is 16.7. The molecular weight excluding hydrogens is 349 g/mol. The number of hydrogen-bond acceptors (Lipinski definition) is 5. The van der Waals surface area contributed by atoms with Gasteiger partial charge in [0, 0.05) is 13.1 Å². The van der Waals surface area contributed by atoms with E-state index in [-0.39, 0.29) is 17.4 Å². The number of ether oxygens (including phenoxy) is 1. The molecule has 1 aliphatic heterocycles. The third-order valence-corrected chi connectivity index (χ3v) is 4.08.